The normalized spacial score (nSPS) is 15.7. The highest BCUT2D eigenvalue weighted by Gasteiger charge is 2.52. The van der Waals surface area contributed by atoms with Crippen LogP contribution in [0, 0.1) is 5.41 Å². The summed E-state index contributed by atoms with van der Waals surface area (Å²) >= 11 is 0. The summed E-state index contributed by atoms with van der Waals surface area (Å²) in [6, 6.07) is 10.8. The van der Waals surface area contributed by atoms with Crippen LogP contribution in [-0.2, 0) is 29.1 Å². The average Bonchev–Trinajstić information content (AvgIpc) is 3.31. The maximum atomic E-state index is 13.8. The van der Waals surface area contributed by atoms with Gasteiger partial charge in [-0.15, -0.1) is 0 Å². The number of unbranched alkanes of at least 4 members (excludes halogenated alkanes) is 9. The molecule has 1 saturated heterocycles. The number of methoxy groups -OCH3 is 1. The van der Waals surface area contributed by atoms with E-state index in [-0.39, 0.29) is 22.9 Å². The number of benzene rings is 2. The van der Waals surface area contributed by atoms with Gasteiger partial charge in [-0.05, 0) is 24.6 Å². The van der Waals surface area contributed by atoms with E-state index < -0.39 is 51.3 Å². The number of carbonyl (C=O) groups is 4. The molecule has 0 spiro atoms. The molecule has 2 unspecified atom stereocenters. The van der Waals surface area contributed by atoms with Gasteiger partial charge < -0.3 is 14.8 Å². The van der Waals surface area contributed by atoms with Gasteiger partial charge in [-0.25, -0.2) is 18.1 Å². The van der Waals surface area contributed by atoms with E-state index in [0.717, 1.165) is 25.7 Å². The molecule has 0 bridgehead atoms. The molecule has 2 atom stereocenters. The predicted molar refractivity (Wildman–Crippen MR) is 182 cm³/mol. The van der Waals surface area contributed by atoms with Crippen LogP contribution < -0.4 is 14.8 Å². The van der Waals surface area contributed by atoms with E-state index in [1.165, 1.54) is 57.4 Å². The first-order valence-corrected chi connectivity index (χ1v) is 18.1. The van der Waals surface area contributed by atoms with Gasteiger partial charge in [0.05, 0.1) is 24.2 Å². The number of anilines is 2. The van der Waals surface area contributed by atoms with Gasteiger partial charge >= 0.3 is 6.09 Å². The molecule has 47 heavy (non-hydrogen) atoms. The maximum absolute atomic E-state index is 13.8. The Morgan fingerprint density at radius 2 is 1.51 bits per heavy atom. The molecule has 1 heterocycles. The lowest BCUT2D eigenvalue weighted by molar-refractivity contribution is -0.144. The number of hydrogen-bond acceptors (Lipinski definition) is 8. The number of ether oxygens (including phenoxy) is 2. The van der Waals surface area contributed by atoms with Crippen LogP contribution in [0.2, 0.25) is 0 Å². The number of hydrogen-bond donors (Lipinski definition) is 2. The predicted octanol–water partition coefficient (Wildman–Crippen LogP) is 7.00. The number of sulfonamides is 1. The van der Waals surface area contributed by atoms with Crippen molar-refractivity contribution in [3.8, 4) is 5.75 Å². The highest BCUT2D eigenvalue weighted by molar-refractivity contribution is 7.92. The molecule has 258 valence electrons. The van der Waals surface area contributed by atoms with Gasteiger partial charge in [-0.1, -0.05) is 116 Å². The van der Waals surface area contributed by atoms with Crippen molar-refractivity contribution in [1.29, 1.82) is 0 Å². The van der Waals surface area contributed by atoms with Crippen LogP contribution in [-0.4, -0.2) is 55.9 Å². The fraction of sp³-hybridized carbons (Fsp3) is 0.543. The zero-order valence-corrected chi connectivity index (χ0v) is 29.0. The summed E-state index contributed by atoms with van der Waals surface area (Å²) in [5.41, 5.74) is -0.505. The molecule has 0 aliphatic carbocycles. The molecule has 11 nitrogen and oxygen atoms in total. The highest BCUT2D eigenvalue weighted by Crippen LogP contribution is 2.33. The third-order valence-electron chi connectivity index (χ3n) is 7.97. The minimum Gasteiger partial charge on any atom is -0.495 e. The first kappa shape index (κ1) is 37.5. The van der Waals surface area contributed by atoms with Crippen LogP contribution in [0.15, 0.2) is 48.5 Å². The summed E-state index contributed by atoms with van der Waals surface area (Å²) in [6.45, 7) is 6.91. The molecule has 1 fully saturated rings. The summed E-state index contributed by atoms with van der Waals surface area (Å²) in [5, 5.41) is 2.58. The molecule has 3 rings (SSSR count). The van der Waals surface area contributed by atoms with Crippen molar-refractivity contribution in [3.05, 3.63) is 54.1 Å². The van der Waals surface area contributed by atoms with Crippen LogP contribution in [0.3, 0.4) is 0 Å². The Morgan fingerprint density at radius 3 is 2.09 bits per heavy atom. The van der Waals surface area contributed by atoms with Crippen molar-refractivity contribution in [2.45, 2.75) is 104 Å². The van der Waals surface area contributed by atoms with Crippen LogP contribution in [0.1, 0.15) is 104 Å². The van der Waals surface area contributed by atoms with E-state index in [1.807, 2.05) is 0 Å². The minimum absolute atomic E-state index is 0.0444. The van der Waals surface area contributed by atoms with Crippen molar-refractivity contribution in [2.24, 2.45) is 5.41 Å². The van der Waals surface area contributed by atoms with E-state index in [2.05, 4.69) is 17.0 Å². The number of cyclic esters (lactones) is 1. The average molecular weight is 672 g/mol. The summed E-state index contributed by atoms with van der Waals surface area (Å²) in [5.74, 6) is -2.40. The second-order valence-electron chi connectivity index (χ2n) is 12.9. The van der Waals surface area contributed by atoms with Crippen LogP contribution in [0.5, 0.6) is 5.75 Å². The van der Waals surface area contributed by atoms with Crippen molar-refractivity contribution >= 4 is 45.1 Å². The number of nitrogens with zero attached hydrogens (tertiary/aromatic N) is 1. The number of ketones is 1. The topological polar surface area (TPSA) is 148 Å². The molecule has 2 N–H and O–H groups in total. The lowest BCUT2D eigenvalue weighted by Gasteiger charge is -2.28. The number of Topliss-reactive ketones (excluding diaryl/α,β-unsaturated/α-hetero) is 1. The Balaban J connectivity index is 1.71. The fourth-order valence-corrected chi connectivity index (χ4v) is 6.51. The zero-order valence-electron chi connectivity index (χ0n) is 28.2. The lowest BCUT2D eigenvalue weighted by Crippen LogP contribution is -2.54. The summed E-state index contributed by atoms with van der Waals surface area (Å²) in [4.78, 5) is 54.3. The van der Waals surface area contributed by atoms with Crippen molar-refractivity contribution in [3.63, 3.8) is 0 Å². The molecular weight excluding hydrogens is 622 g/mol. The Bertz CT molecular complexity index is 1490. The molecular formula is C35H49N3O8S. The summed E-state index contributed by atoms with van der Waals surface area (Å²) < 4.78 is 38.9. The van der Waals surface area contributed by atoms with Gasteiger partial charge in [0.15, 0.2) is 11.8 Å². The molecule has 0 aromatic heterocycles. The number of amides is 3. The second kappa shape index (κ2) is 17.3. The van der Waals surface area contributed by atoms with Crippen LogP contribution in [0.4, 0.5) is 16.2 Å². The number of nitrogens with one attached hydrogen (secondary N) is 2. The SMILES string of the molecule is CCCCCCCCCCCCS(=O)(=O)Nc1ccc(OC)c(NC(=O)C(C(=O)C(C)(C)C)N2C(=O)OC(c3ccccc3)C2=O)c1. The third kappa shape index (κ3) is 10.8. The first-order chi connectivity index (χ1) is 22.3. The first-order valence-electron chi connectivity index (χ1n) is 16.4. The number of imide groups is 1. The van der Waals surface area contributed by atoms with Gasteiger partial charge in [0.2, 0.25) is 16.1 Å². The van der Waals surface area contributed by atoms with Gasteiger partial charge in [0.1, 0.15) is 5.75 Å². The van der Waals surface area contributed by atoms with E-state index in [1.54, 1.807) is 51.1 Å². The quantitative estimate of drug-likeness (QED) is 0.120. The third-order valence-corrected chi connectivity index (χ3v) is 9.34. The van der Waals surface area contributed by atoms with Gasteiger partial charge in [0.25, 0.3) is 11.8 Å². The zero-order chi connectivity index (χ0) is 34.6. The van der Waals surface area contributed by atoms with Crippen molar-refractivity contribution in [2.75, 3.05) is 22.9 Å². The van der Waals surface area contributed by atoms with Crippen LogP contribution in [0.25, 0.3) is 0 Å². The Morgan fingerprint density at radius 1 is 0.915 bits per heavy atom. The maximum Gasteiger partial charge on any atom is 0.418 e. The van der Waals surface area contributed by atoms with E-state index >= 15 is 0 Å². The molecule has 2 aromatic rings. The standard InChI is InChI=1S/C35H49N3O8S/c1-6-7-8-9-10-11-12-13-14-18-23-47(43,44)37-26-21-22-28(45-5)27(24-26)36-32(40)29(31(39)35(2,3)4)38-33(41)30(46-34(38)42)25-19-16-15-17-20-25/h15-17,19-22,24,29-30,37H,6-14,18,23H2,1-5H3,(H,36,40). The monoisotopic (exact) mass is 671 g/mol. The molecule has 1 aliphatic rings. The highest BCUT2D eigenvalue weighted by atomic mass is 32.2. The van der Waals surface area contributed by atoms with Gasteiger partial charge in [0, 0.05) is 11.0 Å². The molecule has 2 aromatic carbocycles. The Hall–Kier alpha value is -3.93. The molecule has 12 heteroatoms. The Kier molecular flexibility index (Phi) is 13.8. The van der Waals surface area contributed by atoms with E-state index in [0.29, 0.717) is 16.9 Å². The molecule has 0 radical (unpaired) electrons. The van der Waals surface area contributed by atoms with Crippen molar-refractivity contribution < 1.29 is 37.1 Å². The molecule has 3 amide bonds. The largest absolute Gasteiger partial charge is 0.495 e. The van der Waals surface area contributed by atoms with Crippen LogP contribution >= 0.6 is 0 Å². The lowest BCUT2D eigenvalue weighted by atomic mass is 9.85. The summed E-state index contributed by atoms with van der Waals surface area (Å²) in [7, 11) is -2.32. The fourth-order valence-electron chi connectivity index (χ4n) is 5.34. The van der Waals surface area contributed by atoms with Crippen molar-refractivity contribution in [1.82, 2.24) is 4.90 Å². The minimum atomic E-state index is -3.69. The smallest absolute Gasteiger partial charge is 0.418 e. The van der Waals surface area contributed by atoms with E-state index in [4.69, 9.17) is 9.47 Å². The summed E-state index contributed by atoms with van der Waals surface area (Å²) in [6.07, 6.45) is 8.37. The molecule has 1 aliphatic heterocycles. The van der Waals surface area contributed by atoms with E-state index in [9.17, 15) is 27.6 Å². The van der Waals surface area contributed by atoms with Gasteiger partial charge in [-0.3, -0.25) is 19.1 Å². The Labute approximate surface area is 278 Å². The number of rotatable bonds is 19. The van der Waals surface area contributed by atoms with Gasteiger partial charge in [-0.2, -0.15) is 0 Å². The molecule has 0 saturated carbocycles. The second-order valence-corrected chi connectivity index (χ2v) is 14.7. The number of carbonyl (C=O) groups excluding carboxylic acids is 4.